The van der Waals surface area contributed by atoms with Gasteiger partial charge >= 0.3 is 0 Å². The third kappa shape index (κ3) is 7.99. The zero-order valence-electron chi connectivity index (χ0n) is 18.2. The molecule has 1 fully saturated rings. The summed E-state index contributed by atoms with van der Waals surface area (Å²) in [5.74, 6) is 1.20. The van der Waals surface area contributed by atoms with Crippen molar-refractivity contribution in [2.45, 2.75) is 20.3 Å². The highest BCUT2D eigenvalue weighted by molar-refractivity contribution is 5.80. The molecule has 31 heavy (non-hydrogen) atoms. The fourth-order valence-electron chi connectivity index (χ4n) is 3.07. The van der Waals surface area contributed by atoms with E-state index in [-0.39, 0.29) is 5.78 Å². The molecule has 0 amide bonds. The molecule has 3 rings (SSSR count). The Morgan fingerprint density at radius 1 is 1.23 bits per heavy atom. The number of benzene rings is 1. The van der Waals surface area contributed by atoms with Gasteiger partial charge in [-0.25, -0.2) is 0 Å². The average Bonchev–Trinajstić information content (AvgIpc) is 2.76. The molecule has 2 aromatic rings. The van der Waals surface area contributed by atoms with Crippen molar-refractivity contribution in [2.24, 2.45) is 5.10 Å². The molecule has 1 aliphatic heterocycles. The largest absolute Gasteiger partial charge is 0.475 e. The van der Waals surface area contributed by atoms with Crippen LogP contribution in [0.2, 0.25) is 0 Å². The monoisotopic (exact) mass is 426 g/mol. The van der Waals surface area contributed by atoms with Crippen LogP contribution >= 0.6 is 0 Å². The summed E-state index contributed by atoms with van der Waals surface area (Å²) in [6, 6.07) is 12.0. The Bertz CT molecular complexity index is 882. The number of aromatic nitrogens is 1. The van der Waals surface area contributed by atoms with E-state index >= 15 is 0 Å². The number of pyridine rings is 1. The van der Waals surface area contributed by atoms with Crippen LogP contribution in [0.5, 0.6) is 5.88 Å². The van der Waals surface area contributed by atoms with Gasteiger partial charge < -0.3 is 19.1 Å². The van der Waals surface area contributed by atoms with E-state index in [9.17, 15) is 4.79 Å². The number of carbonyl (C=O) groups excluding carboxylic acids is 1. The van der Waals surface area contributed by atoms with Crippen LogP contribution < -0.4 is 15.1 Å². The SMILES string of the molecule is CC(=O)CCOCCOc1cc(N2CCOCC2)cc(N/N=C/c2cccc(C)c2)n1. The highest BCUT2D eigenvalue weighted by Gasteiger charge is 2.14. The number of aryl methyl sites for hydroxylation is 1. The number of rotatable bonds is 11. The molecule has 0 bridgehead atoms. The van der Waals surface area contributed by atoms with Gasteiger partial charge in [0.25, 0.3) is 0 Å². The molecule has 166 valence electrons. The fourth-order valence-corrected chi connectivity index (χ4v) is 3.07. The minimum Gasteiger partial charge on any atom is -0.475 e. The highest BCUT2D eigenvalue weighted by Crippen LogP contribution is 2.24. The van der Waals surface area contributed by atoms with E-state index in [1.165, 1.54) is 5.56 Å². The summed E-state index contributed by atoms with van der Waals surface area (Å²) in [5.41, 5.74) is 6.20. The van der Waals surface area contributed by atoms with Gasteiger partial charge in [-0.3, -0.25) is 10.2 Å². The lowest BCUT2D eigenvalue weighted by molar-refractivity contribution is -0.118. The van der Waals surface area contributed by atoms with Crippen LogP contribution in [-0.4, -0.2) is 63.1 Å². The van der Waals surface area contributed by atoms with Crippen molar-refractivity contribution < 1.29 is 19.0 Å². The number of hydrazone groups is 1. The Morgan fingerprint density at radius 2 is 2.06 bits per heavy atom. The molecule has 8 nitrogen and oxygen atoms in total. The van der Waals surface area contributed by atoms with Gasteiger partial charge in [0.2, 0.25) is 5.88 Å². The first-order valence-corrected chi connectivity index (χ1v) is 10.5. The Hall–Kier alpha value is -2.97. The number of carbonyl (C=O) groups is 1. The van der Waals surface area contributed by atoms with Crippen molar-refractivity contribution in [3.05, 3.63) is 47.5 Å². The van der Waals surface area contributed by atoms with Crippen LogP contribution in [0.15, 0.2) is 41.5 Å². The number of Topliss-reactive ketones (excluding diaryl/α,β-unsaturated/α-hetero) is 1. The maximum atomic E-state index is 11.0. The second-order valence-corrected chi connectivity index (χ2v) is 7.35. The summed E-state index contributed by atoms with van der Waals surface area (Å²) in [5, 5.41) is 4.32. The Morgan fingerprint density at radius 3 is 2.84 bits per heavy atom. The summed E-state index contributed by atoms with van der Waals surface area (Å²) in [6.07, 6.45) is 2.18. The molecule has 1 N–H and O–H groups in total. The summed E-state index contributed by atoms with van der Waals surface area (Å²) in [6.45, 7) is 7.75. The van der Waals surface area contributed by atoms with E-state index in [0.29, 0.717) is 51.2 Å². The van der Waals surface area contributed by atoms with Crippen molar-refractivity contribution in [1.29, 1.82) is 0 Å². The predicted molar refractivity (Wildman–Crippen MR) is 121 cm³/mol. The number of anilines is 2. The van der Waals surface area contributed by atoms with Crippen LogP contribution in [0.3, 0.4) is 0 Å². The maximum absolute atomic E-state index is 11.0. The van der Waals surface area contributed by atoms with E-state index in [2.05, 4.69) is 26.5 Å². The molecule has 0 spiro atoms. The van der Waals surface area contributed by atoms with Gasteiger partial charge in [0, 0.05) is 37.3 Å². The average molecular weight is 427 g/mol. The van der Waals surface area contributed by atoms with Crippen molar-refractivity contribution >= 4 is 23.5 Å². The highest BCUT2D eigenvalue weighted by atomic mass is 16.5. The first kappa shape index (κ1) is 22.7. The second-order valence-electron chi connectivity index (χ2n) is 7.35. The summed E-state index contributed by atoms with van der Waals surface area (Å²) in [7, 11) is 0. The maximum Gasteiger partial charge on any atom is 0.217 e. The zero-order chi connectivity index (χ0) is 21.9. The van der Waals surface area contributed by atoms with Gasteiger partial charge in [-0.05, 0) is 19.4 Å². The first-order valence-electron chi connectivity index (χ1n) is 10.5. The van der Waals surface area contributed by atoms with Gasteiger partial charge in [0.05, 0.1) is 32.6 Å². The zero-order valence-corrected chi connectivity index (χ0v) is 18.2. The molecular weight excluding hydrogens is 396 g/mol. The number of morpholine rings is 1. The topological polar surface area (TPSA) is 85.3 Å². The van der Waals surface area contributed by atoms with Crippen LogP contribution in [0.25, 0.3) is 0 Å². The minimum absolute atomic E-state index is 0.114. The van der Waals surface area contributed by atoms with Crippen molar-refractivity contribution in [1.82, 2.24) is 4.98 Å². The van der Waals surface area contributed by atoms with Gasteiger partial charge in [-0.15, -0.1) is 0 Å². The van der Waals surface area contributed by atoms with Crippen molar-refractivity contribution in [2.75, 3.05) is 56.4 Å². The number of hydrogen-bond donors (Lipinski definition) is 1. The molecule has 0 aliphatic carbocycles. The normalized spacial score (nSPS) is 14.1. The third-order valence-electron chi connectivity index (χ3n) is 4.67. The lowest BCUT2D eigenvalue weighted by Crippen LogP contribution is -2.36. The quantitative estimate of drug-likeness (QED) is 0.336. The number of nitrogens with zero attached hydrogens (tertiary/aromatic N) is 3. The molecule has 1 saturated heterocycles. The smallest absolute Gasteiger partial charge is 0.217 e. The number of nitrogens with one attached hydrogen (secondary N) is 1. The van der Waals surface area contributed by atoms with Gasteiger partial charge in [-0.2, -0.15) is 10.1 Å². The van der Waals surface area contributed by atoms with Crippen molar-refractivity contribution in [3.63, 3.8) is 0 Å². The van der Waals surface area contributed by atoms with Crippen molar-refractivity contribution in [3.8, 4) is 5.88 Å². The molecule has 1 aliphatic rings. The van der Waals surface area contributed by atoms with E-state index in [1.54, 1.807) is 13.1 Å². The number of ketones is 1. The van der Waals surface area contributed by atoms with Crippen LogP contribution in [0.1, 0.15) is 24.5 Å². The fraction of sp³-hybridized carbons (Fsp3) is 0.435. The van der Waals surface area contributed by atoms with E-state index < -0.39 is 0 Å². The Balaban J connectivity index is 1.63. The van der Waals surface area contributed by atoms with Gasteiger partial charge in [0.1, 0.15) is 12.4 Å². The van der Waals surface area contributed by atoms with Gasteiger partial charge in [0.15, 0.2) is 5.82 Å². The predicted octanol–water partition coefficient (Wildman–Crippen LogP) is 3.05. The Labute approximate surface area is 183 Å². The number of hydrogen-bond acceptors (Lipinski definition) is 8. The molecule has 0 atom stereocenters. The molecular formula is C23H30N4O4. The molecule has 1 aromatic carbocycles. The van der Waals surface area contributed by atoms with Gasteiger partial charge in [-0.1, -0.05) is 29.8 Å². The Kier molecular flexibility index (Phi) is 8.81. The standard InChI is InChI=1S/C23H30N4O4/c1-18-4-3-5-20(14-18)17-24-26-22-15-21(27-7-10-30-11-8-27)16-23(25-22)31-13-12-29-9-6-19(2)28/h3-5,14-17H,6-13H2,1-2H3,(H,25,26)/b24-17+. The molecule has 0 unspecified atom stereocenters. The first-order chi connectivity index (χ1) is 15.1. The molecule has 8 heteroatoms. The van der Waals surface area contributed by atoms with Crippen LogP contribution in [0, 0.1) is 6.92 Å². The number of ether oxygens (including phenoxy) is 3. The van der Waals surface area contributed by atoms with Crippen LogP contribution in [-0.2, 0) is 14.3 Å². The third-order valence-corrected chi connectivity index (χ3v) is 4.67. The molecule has 2 heterocycles. The second kappa shape index (κ2) is 12.0. The van der Waals surface area contributed by atoms with E-state index in [4.69, 9.17) is 14.2 Å². The lowest BCUT2D eigenvalue weighted by Gasteiger charge is -2.29. The summed E-state index contributed by atoms with van der Waals surface area (Å²) >= 11 is 0. The van der Waals surface area contributed by atoms with Crippen LogP contribution in [0.4, 0.5) is 11.5 Å². The molecule has 1 aromatic heterocycles. The summed E-state index contributed by atoms with van der Waals surface area (Å²) < 4.78 is 16.7. The minimum atomic E-state index is 0.114. The lowest BCUT2D eigenvalue weighted by atomic mass is 10.2. The molecule has 0 radical (unpaired) electrons. The summed E-state index contributed by atoms with van der Waals surface area (Å²) in [4.78, 5) is 17.7. The van der Waals surface area contributed by atoms with E-state index in [1.807, 2.05) is 37.3 Å². The van der Waals surface area contributed by atoms with E-state index in [0.717, 1.165) is 24.3 Å². The molecule has 0 saturated carbocycles.